The Morgan fingerprint density at radius 3 is 1.78 bits per heavy atom. The van der Waals surface area contributed by atoms with Crippen LogP contribution in [0.1, 0.15) is 49.4 Å². The Balaban J connectivity index is 1.24. The lowest BCUT2D eigenvalue weighted by Gasteiger charge is -2.17. The predicted molar refractivity (Wildman–Crippen MR) is 248 cm³/mol. The average Bonchev–Trinajstić information content (AvgIpc) is 3.26. The molecule has 14 heteroatoms. The number of aromatic nitrogens is 1. The van der Waals surface area contributed by atoms with Gasteiger partial charge in [0.25, 0.3) is 0 Å². The number of allylic oxidation sites excluding steroid dienone is 4. The van der Waals surface area contributed by atoms with Crippen molar-refractivity contribution in [3.63, 3.8) is 0 Å². The van der Waals surface area contributed by atoms with Crippen LogP contribution in [0.5, 0.6) is 0 Å². The number of anilines is 2. The summed E-state index contributed by atoms with van der Waals surface area (Å²) < 4.78 is 11.6. The number of aryl methyl sites for hydroxylation is 1. The Morgan fingerprint density at radius 1 is 0.683 bits per heavy atom. The van der Waals surface area contributed by atoms with Crippen LogP contribution >= 0.6 is 21.6 Å². The standard InChI is InChI=1S/C46H60N6O6S2/c1-6-7-12-39(22-16-37-17-23-40(24-18-37)50(2)35-45(55)57-4)47-28-10-14-43(53)48-29-33-59-60-34-30-49-44(54)15-11-32-52-31-9-8-13-42(52)27-21-38-19-25-41(26-20-38)51(3)36-46(56)58-5/h6-9,12-13,16-27,31,47H,10-11,14-15,28-30,32-36H2,1-5H3,(H-,48,49,53,54)/p+1/b7-6-,22-16+,39-12-. The van der Waals surface area contributed by atoms with Gasteiger partial charge in [-0.2, -0.15) is 4.57 Å². The molecule has 3 rings (SSSR count). The zero-order valence-electron chi connectivity index (χ0n) is 35.6. The number of ether oxygens (including phenoxy) is 2. The minimum absolute atomic E-state index is 0.0336. The molecule has 0 unspecified atom stereocenters. The van der Waals surface area contributed by atoms with Crippen LogP contribution in [-0.4, -0.2) is 96.3 Å². The van der Waals surface area contributed by atoms with Crippen molar-refractivity contribution < 1.29 is 33.2 Å². The minimum Gasteiger partial charge on any atom is -0.468 e. The van der Waals surface area contributed by atoms with Crippen molar-refractivity contribution in [2.75, 3.05) is 82.3 Å². The number of hydrogen-bond acceptors (Lipinski definition) is 11. The average molecular weight is 858 g/mol. The number of benzene rings is 2. The number of pyridine rings is 1. The van der Waals surface area contributed by atoms with Gasteiger partial charge in [-0.1, -0.05) is 64.1 Å². The lowest BCUT2D eigenvalue weighted by atomic mass is 10.1. The predicted octanol–water partition coefficient (Wildman–Crippen LogP) is 6.30. The zero-order valence-corrected chi connectivity index (χ0v) is 37.2. The van der Waals surface area contributed by atoms with Gasteiger partial charge in [0.1, 0.15) is 19.6 Å². The molecule has 1 aromatic heterocycles. The number of rotatable bonds is 27. The van der Waals surface area contributed by atoms with Gasteiger partial charge in [-0.25, -0.2) is 0 Å². The molecular weight excluding hydrogens is 797 g/mol. The number of likely N-dealkylation sites (N-methyl/N-ethyl adjacent to an activating group) is 2. The summed E-state index contributed by atoms with van der Waals surface area (Å²) in [7, 11) is 9.84. The van der Waals surface area contributed by atoms with E-state index in [0.29, 0.717) is 38.9 Å². The molecule has 0 bridgehead atoms. The van der Waals surface area contributed by atoms with Gasteiger partial charge in [0.05, 0.1) is 14.2 Å². The number of carbonyl (C=O) groups excluding carboxylic acids is 4. The first-order valence-corrected chi connectivity index (χ1v) is 22.6. The molecule has 0 aliphatic rings. The summed E-state index contributed by atoms with van der Waals surface area (Å²) >= 11 is 0. The normalized spacial score (nSPS) is 11.5. The fourth-order valence-electron chi connectivity index (χ4n) is 5.61. The quantitative estimate of drug-likeness (QED) is 0.0263. The van der Waals surface area contributed by atoms with E-state index in [1.807, 2.05) is 134 Å². The van der Waals surface area contributed by atoms with E-state index in [0.717, 1.165) is 58.4 Å². The highest BCUT2D eigenvalue weighted by molar-refractivity contribution is 8.76. The molecule has 0 spiro atoms. The van der Waals surface area contributed by atoms with Gasteiger partial charge in [0, 0.05) is 99.8 Å². The maximum atomic E-state index is 12.5. The lowest BCUT2D eigenvalue weighted by molar-refractivity contribution is -0.698. The Morgan fingerprint density at radius 2 is 1.23 bits per heavy atom. The molecule has 0 fully saturated rings. The van der Waals surface area contributed by atoms with Gasteiger partial charge >= 0.3 is 11.9 Å². The van der Waals surface area contributed by atoms with E-state index in [1.54, 1.807) is 21.6 Å². The monoisotopic (exact) mass is 857 g/mol. The van der Waals surface area contributed by atoms with Gasteiger partial charge in [0.15, 0.2) is 6.20 Å². The maximum absolute atomic E-state index is 12.5. The molecule has 0 atom stereocenters. The van der Waals surface area contributed by atoms with Crippen molar-refractivity contribution in [2.24, 2.45) is 0 Å². The molecular formula is C46H61N6O6S2+. The highest BCUT2D eigenvalue weighted by atomic mass is 33.1. The molecule has 0 saturated carbocycles. The third kappa shape index (κ3) is 20.0. The lowest BCUT2D eigenvalue weighted by Crippen LogP contribution is -2.37. The topological polar surface area (TPSA) is 133 Å². The molecule has 0 aliphatic carbocycles. The van der Waals surface area contributed by atoms with Crippen LogP contribution in [0.3, 0.4) is 0 Å². The summed E-state index contributed by atoms with van der Waals surface area (Å²) in [5, 5.41) is 9.42. The Bertz CT molecular complexity index is 1900. The van der Waals surface area contributed by atoms with Gasteiger partial charge in [-0.3, -0.25) is 19.2 Å². The van der Waals surface area contributed by atoms with E-state index in [4.69, 9.17) is 9.47 Å². The molecule has 2 aromatic carbocycles. The van der Waals surface area contributed by atoms with Crippen molar-refractivity contribution in [1.29, 1.82) is 0 Å². The number of methoxy groups -OCH3 is 2. The van der Waals surface area contributed by atoms with E-state index in [2.05, 4.69) is 32.7 Å². The molecule has 60 heavy (non-hydrogen) atoms. The number of esters is 2. The highest BCUT2D eigenvalue weighted by Gasteiger charge is 2.11. The highest BCUT2D eigenvalue weighted by Crippen LogP contribution is 2.20. The Kier molecular flexibility index (Phi) is 23.5. The van der Waals surface area contributed by atoms with Crippen LogP contribution in [0.2, 0.25) is 0 Å². The molecule has 322 valence electrons. The smallest absolute Gasteiger partial charge is 0.325 e. The Labute approximate surface area is 363 Å². The van der Waals surface area contributed by atoms with Crippen molar-refractivity contribution in [3.8, 4) is 0 Å². The summed E-state index contributed by atoms with van der Waals surface area (Å²) in [5.41, 5.74) is 5.91. The van der Waals surface area contributed by atoms with Crippen LogP contribution in [0.25, 0.3) is 18.2 Å². The summed E-state index contributed by atoms with van der Waals surface area (Å²) in [6, 6.07) is 21.9. The van der Waals surface area contributed by atoms with Gasteiger partial charge in [-0.15, -0.1) is 0 Å². The molecule has 3 N–H and O–H groups in total. The second-order valence-electron chi connectivity index (χ2n) is 13.7. The maximum Gasteiger partial charge on any atom is 0.325 e. The van der Waals surface area contributed by atoms with E-state index < -0.39 is 0 Å². The first-order valence-electron chi connectivity index (χ1n) is 20.1. The molecule has 1 heterocycles. The van der Waals surface area contributed by atoms with Crippen LogP contribution in [0.4, 0.5) is 11.4 Å². The summed E-state index contributed by atoms with van der Waals surface area (Å²) in [6.07, 6.45) is 18.4. The zero-order chi connectivity index (χ0) is 43.4. The Hall–Kier alpha value is -5.47. The second-order valence-corrected chi connectivity index (χ2v) is 16.4. The number of hydrogen-bond donors (Lipinski definition) is 3. The SMILES string of the molecule is C\C=C/C=C(/C=C/c1ccc(N(C)CC(=O)OC)cc1)NCCCC(=O)NCCSSCCNC(=O)CCC[n+]1ccccc1/C=C/c1ccc(N(C)CC(=O)OC)cc1. The fourth-order valence-corrected chi connectivity index (χ4v) is 7.43. The van der Waals surface area contributed by atoms with Crippen molar-refractivity contribution in [3.05, 3.63) is 120 Å². The van der Waals surface area contributed by atoms with Crippen LogP contribution in [0, 0.1) is 0 Å². The summed E-state index contributed by atoms with van der Waals surface area (Å²) in [4.78, 5) is 51.7. The largest absolute Gasteiger partial charge is 0.468 e. The first-order chi connectivity index (χ1) is 29.1. The number of nitrogens with zero attached hydrogens (tertiary/aromatic N) is 3. The second kappa shape index (κ2) is 28.9. The van der Waals surface area contributed by atoms with E-state index in [1.165, 1.54) is 14.2 Å². The molecule has 12 nitrogen and oxygen atoms in total. The first kappa shape index (κ1) is 48.9. The van der Waals surface area contributed by atoms with Crippen molar-refractivity contribution in [1.82, 2.24) is 16.0 Å². The van der Waals surface area contributed by atoms with Gasteiger partial charge in [0.2, 0.25) is 17.5 Å². The molecule has 2 amide bonds. The van der Waals surface area contributed by atoms with Gasteiger partial charge < -0.3 is 35.2 Å². The van der Waals surface area contributed by atoms with E-state index in [9.17, 15) is 19.2 Å². The summed E-state index contributed by atoms with van der Waals surface area (Å²) in [6.45, 7) is 4.92. The van der Waals surface area contributed by atoms with Gasteiger partial charge in [-0.05, 0) is 73.0 Å². The molecule has 0 radical (unpaired) electrons. The van der Waals surface area contributed by atoms with E-state index in [-0.39, 0.29) is 36.8 Å². The van der Waals surface area contributed by atoms with Crippen LogP contribution < -0.4 is 30.3 Å². The molecule has 0 saturated heterocycles. The number of nitrogens with one attached hydrogen (secondary N) is 3. The third-order valence-electron chi connectivity index (χ3n) is 9.01. The van der Waals surface area contributed by atoms with Crippen molar-refractivity contribution >= 4 is 74.9 Å². The molecule has 0 aliphatic heterocycles. The third-order valence-corrected chi connectivity index (χ3v) is 11.4. The molecule has 3 aromatic rings. The number of carbonyl (C=O) groups is 4. The summed E-state index contributed by atoms with van der Waals surface area (Å²) in [5.74, 6) is 1.08. The van der Waals surface area contributed by atoms with Crippen LogP contribution in [-0.2, 0) is 35.2 Å². The number of amides is 2. The minimum atomic E-state index is -0.287. The fraction of sp³-hybridized carbons (Fsp3) is 0.370. The van der Waals surface area contributed by atoms with Crippen molar-refractivity contribution in [2.45, 2.75) is 39.2 Å². The van der Waals surface area contributed by atoms with Crippen LogP contribution in [0.15, 0.2) is 103 Å². The van der Waals surface area contributed by atoms with E-state index >= 15 is 0 Å².